The SMILES string of the molecule is CC(C)(C)OC(=O)N1CCC2(CC1)N=C(c1ccc(C(F)(F)F)cc1F)NC2=O. The van der Waals surface area contributed by atoms with E-state index in [4.69, 9.17) is 4.74 Å². The molecule has 0 aromatic heterocycles. The number of nitrogens with one attached hydrogen (secondary N) is 1. The van der Waals surface area contributed by atoms with E-state index in [1.165, 1.54) is 4.90 Å². The minimum Gasteiger partial charge on any atom is -0.444 e. The molecule has 1 saturated heterocycles. The summed E-state index contributed by atoms with van der Waals surface area (Å²) in [6.45, 7) is 5.67. The van der Waals surface area contributed by atoms with Crippen LogP contribution in [0, 0.1) is 5.82 Å². The molecule has 2 aliphatic heterocycles. The van der Waals surface area contributed by atoms with Crippen molar-refractivity contribution < 1.29 is 31.9 Å². The molecule has 2 heterocycles. The van der Waals surface area contributed by atoms with E-state index in [1.807, 2.05) is 0 Å². The van der Waals surface area contributed by atoms with Crippen molar-refractivity contribution in [2.45, 2.75) is 50.9 Å². The summed E-state index contributed by atoms with van der Waals surface area (Å²) in [6.07, 6.45) is -4.77. The molecule has 1 N–H and O–H groups in total. The number of halogens is 4. The molecular formula is C19H21F4N3O3. The highest BCUT2D eigenvalue weighted by atomic mass is 19.4. The van der Waals surface area contributed by atoms with Crippen LogP contribution in [0.2, 0.25) is 0 Å². The van der Waals surface area contributed by atoms with Gasteiger partial charge < -0.3 is 15.0 Å². The molecule has 3 rings (SSSR count). The predicted molar refractivity (Wildman–Crippen MR) is 95.9 cm³/mol. The largest absolute Gasteiger partial charge is 0.444 e. The van der Waals surface area contributed by atoms with Crippen molar-refractivity contribution in [3.8, 4) is 0 Å². The molecule has 2 aliphatic rings. The summed E-state index contributed by atoms with van der Waals surface area (Å²) in [6, 6.07) is 2.06. The van der Waals surface area contributed by atoms with Gasteiger partial charge in [0.2, 0.25) is 0 Å². The number of amides is 2. The van der Waals surface area contributed by atoms with Crippen molar-refractivity contribution in [2.75, 3.05) is 13.1 Å². The molecule has 0 saturated carbocycles. The molecule has 0 aliphatic carbocycles. The van der Waals surface area contributed by atoms with Crippen LogP contribution in [-0.4, -0.2) is 47.0 Å². The average Bonchev–Trinajstić information content (AvgIpc) is 2.89. The van der Waals surface area contributed by atoms with Crippen LogP contribution in [0.3, 0.4) is 0 Å². The minimum absolute atomic E-state index is 0.105. The molecule has 29 heavy (non-hydrogen) atoms. The first-order valence-electron chi connectivity index (χ1n) is 9.07. The van der Waals surface area contributed by atoms with Gasteiger partial charge >= 0.3 is 12.3 Å². The maximum Gasteiger partial charge on any atom is 0.416 e. The van der Waals surface area contributed by atoms with E-state index in [9.17, 15) is 27.2 Å². The van der Waals surface area contributed by atoms with Gasteiger partial charge in [0, 0.05) is 13.1 Å². The number of hydrogen-bond acceptors (Lipinski definition) is 4. The van der Waals surface area contributed by atoms with Crippen molar-refractivity contribution in [2.24, 2.45) is 4.99 Å². The van der Waals surface area contributed by atoms with Gasteiger partial charge in [-0.15, -0.1) is 0 Å². The van der Waals surface area contributed by atoms with Gasteiger partial charge in [0.05, 0.1) is 11.1 Å². The first-order valence-corrected chi connectivity index (χ1v) is 9.07. The first-order chi connectivity index (χ1) is 13.3. The number of amidine groups is 1. The Kier molecular flexibility index (Phi) is 5.08. The van der Waals surface area contributed by atoms with E-state index in [2.05, 4.69) is 10.3 Å². The Morgan fingerprint density at radius 2 is 1.83 bits per heavy atom. The Labute approximate surface area is 164 Å². The number of ether oxygens (including phenoxy) is 1. The zero-order chi connectivity index (χ0) is 21.6. The molecule has 1 aromatic rings. The van der Waals surface area contributed by atoms with Crippen molar-refractivity contribution in [3.63, 3.8) is 0 Å². The lowest BCUT2D eigenvalue weighted by Crippen LogP contribution is -2.51. The van der Waals surface area contributed by atoms with Gasteiger partial charge in [-0.25, -0.2) is 9.18 Å². The number of carbonyl (C=O) groups excluding carboxylic acids is 2. The van der Waals surface area contributed by atoms with E-state index in [1.54, 1.807) is 20.8 Å². The Hall–Kier alpha value is -2.65. The molecule has 0 bridgehead atoms. The second-order valence-corrected chi connectivity index (χ2v) is 8.11. The first kappa shape index (κ1) is 21.1. The minimum atomic E-state index is -4.67. The fourth-order valence-corrected chi connectivity index (χ4v) is 3.25. The van der Waals surface area contributed by atoms with Gasteiger partial charge in [-0.3, -0.25) is 9.79 Å². The highest BCUT2D eigenvalue weighted by molar-refractivity contribution is 6.15. The second kappa shape index (κ2) is 7.00. The lowest BCUT2D eigenvalue weighted by atomic mass is 9.88. The predicted octanol–water partition coefficient (Wildman–Crippen LogP) is 3.49. The van der Waals surface area contributed by atoms with Crippen LogP contribution in [0.1, 0.15) is 44.7 Å². The average molecular weight is 415 g/mol. The van der Waals surface area contributed by atoms with Crippen molar-refractivity contribution in [1.82, 2.24) is 10.2 Å². The van der Waals surface area contributed by atoms with Crippen LogP contribution in [0.15, 0.2) is 23.2 Å². The summed E-state index contributed by atoms with van der Waals surface area (Å²) in [5.74, 6) is -1.69. The highest BCUT2D eigenvalue weighted by Gasteiger charge is 2.47. The fourth-order valence-electron chi connectivity index (χ4n) is 3.25. The maximum absolute atomic E-state index is 14.2. The number of alkyl halides is 3. The van der Waals surface area contributed by atoms with Crippen molar-refractivity contribution >= 4 is 17.8 Å². The van der Waals surface area contributed by atoms with E-state index in [0.717, 1.165) is 12.1 Å². The van der Waals surface area contributed by atoms with Gasteiger partial charge in [0.1, 0.15) is 22.8 Å². The lowest BCUT2D eigenvalue weighted by molar-refractivity contribution is -0.137. The van der Waals surface area contributed by atoms with Crippen LogP contribution < -0.4 is 5.32 Å². The number of aliphatic imine (C=N–C) groups is 1. The number of rotatable bonds is 1. The fraction of sp³-hybridized carbons (Fsp3) is 0.526. The molecule has 1 aromatic carbocycles. The van der Waals surface area contributed by atoms with Gasteiger partial charge in [-0.2, -0.15) is 13.2 Å². The standard InChI is InChI=1S/C19H21F4N3O3/c1-17(2,3)29-16(28)26-8-6-18(7-9-26)15(27)24-14(25-18)12-5-4-11(10-13(12)20)19(21,22)23/h4-5,10H,6-9H2,1-3H3,(H,24,25,27). The summed E-state index contributed by atoms with van der Waals surface area (Å²) >= 11 is 0. The van der Waals surface area contributed by atoms with E-state index in [-0.39, 0.29) is 37.3 Å². The second-order valence-electron chi connectivity index (χ2n) is 8.11. The van der Waals surface area contributed by atoms with Crippen molar-refractivity contribution in [3.05, 3.63) is 35.1 Å². The molecule has 0 atom stereocenters. The van der Waals surface area contributed by atoms with Crippen LogP contribution in [0.5, 0.6) is 0 Å². The maximum atomic E-state index is 14.2. The molecule has 1 spiro atoms. The molecule has 10 heteroatoms. The number of piperidine rings is 1. The van der Waals surface area contributed by atoms with Crippen molar-refractivity contribution in [1.29, 1.82) is 0 Å². The third-order valence-corrected chi connectivity index (χ3v) is 4.77. The van der Waals surface area contributed by atoms with E-state index >= 15 is 0 Å². The Morgan fingerprint density at radius 1 is 1.21 bits per heavy atom. The summed E-state index contributed by atoms with van der Waals surface area (Å²) in [7, 11) is 0. The van der Waals surface area contributed by atoms with Gasteiger partial charge in [0.15, 0.2) is 0 Å². The van der Waals surface area contributed by atoms with Crippen LogP contribution in [0.4, 0.5) is 22.4 Å². The zero-order valence-electron chi connectivity index (χ0n) is 16.2. The summed E-state index contributed by atoms with van der Waals surface area (Å²) < 4.78 is 57.7. The topological polar surface area (TPSA) is 71.0 Å². The Morgan fingerprint density at radius 3 is 2.34 bits per heavy atom. The smallest absolute Gasteiger partial charge is 0.416 e. The summed E-state index contributed by atoms with van der Waals surface area (Å²) in [4.78, 5) is 30.5. The van der Waals surface area contributed by atoms with E-state index < -0.39 is 40.7 Å². The Balaban J connectivity index is 1.77. The molecule has 1 fully saturated rings. The highest BCUT2D eigenvalue weighted by Crippen LogP contribution is 2.34. The molecule has 0 unspecified atom stereocenters. The van der Waals surface area contributed by atoms with Crippen LogP contribution in [-0.2, 0) is 15.7 Å². The quantitative estimate of drug-likeness (QED) is 0.714. The monoisotopic (exact) mass is 415 g/mol. The summed E-state index contributed by atoms with van der Waals surface area (Å²) in [5.41, 5.74) is -3.16. The number of likely N-dealkylation sites (tertiary alicyclic amines) is 1. The van der Waals surface area contributed by atoms with Gasteiger partial charge in [-0.1, -0.05) is 0 Å². The molecule has 0 radical (unpaired) electrons. The molecule has 2 amide bonds. The van der Waals surface area contributed by atoms with Gasteiger partial charge in [-0.05, 0) is 51.8 Å². The summed E-state index contributed by atoms with van der Waals surface area (Å²) in [5, 5.41) is 2.47. The zero-order valence-corrected chi connectivity index (χ0v) is 16.2. The Bertz CT molecular complexity index is 866. The number of carbonyl (C=O) groups is 2. The molecule has 6 nitrogen and oxygen atoms in total. The normalized spacial score (nSPS) is 19.2. The molecule has 158 valence electrons. The number of benzene rings is 1. The third kappa shape index (κ3) is 4.35. The van der Waals surface area contributed by atoms with Crippen LogP contribution in [0.25, 0.3) is 0 Å². The van der Waals surface area contributed by atoms with Gasteiger partial charge in [0.25, 0.3) is 5.91 Å². The number of hydrogen-bond donors (Lipinski definition) is 1. The lowest BCUT2D eigenvalue weighted by Gasteiger charge is -2.36. The molecular weight excluding hydrogens is 394 g/mol. The third-order valence-electron chi connectivity index (χ3n) is 4.77. The van der Waals surface area contributed by atoms with E-state index in [0.29, 0.717) is 6.07 Å². The van der Waals surface area contributed by atoms with Crippen LogP contribution >= 0.6 is 0 Å². The number of nitrogens with zero attached hydrogens (tertiary/aromatic N) is 2.